The number of aromatic amines is 1. The van der Waals surface area contributed by atoms with Gasteiger partial charge in [0.1, 0.15) is 5.69 Å². The summed E-state index contributed by atoms with van der Waals surface area (Å²) in [6.07, 6.45) is 3.36. The van der Waals surface area contributed by atoms with E-state index in [1.54, 1.807) is 6.07 Å². The zero-order valence-electron chi connectivity index (χ0n) is 14.1. The van der Waals surface area contributed by atoms with Crippen molar-refractivity contribution >= 4 is 17.5 Å². The van der Waals surface area contributed by atoms with E-state index >= 15 is 0 Å². The highest BCUT2D eigenvalue weighted by Gasteiger charge is 2.39. The summed E-state index contributed by atoms with van der Waals surface area (Å²) < 4.78 is 0. The van der Waals surface area contributed by atoms with E-state index in [0.717, 1.165) is 29.8 Å². The first-order chi connectivity index (χ1) is 12.1. The molecule has 2 fully saturated rings. The average Bonchev–Trinajstić information content (AvgIpc) is 3.31. The van der Waals surface area contributed by atoms with Gasteiger partial charge in [-0.25, -0.2) is 0 Å². The van der Waals surface area contributed by atoms with Crippen LogP contribution < -0.4 is 16.0 Å². The Hall–Kier alpha value is -2.60. The number of aromatic nitrogens is 1. The fourth-order valence-corrected chi connectivity index (χ4v) is 3.93. The number of H-pyrrole nitrogens is 1. The Labute approximate surface area is 146 Å². The molecule has 6 nitrogen and oxygen atoms in total. The second-order valence-electron chi connectivity index (χ2n) is 6.88. The molecular weight excluding hydrogens is 316 g/mol. The monoisotopic (exact) mass is 338 g/mol. The maximum atomic E-state index is 12.5. The molecule has 1 aromatic heterocycles. The van der Waals surface area contributed by atoms with E-state index in [1.807, 2.05) is 30.3 Å². The Balaban J connectivity index is 1.50. The lowest BCUT2D eigenvalue weighted by atomic mass is 9.95. The molecule has 4 N–H and O–H groups in total. The first-order valence-electron chi connectivity index (χ1n) is 8.73. The van der Waals surface area contributed by atoms with Crippen LogP contribution in [0.2, 0.25) is 0 Å². The lowest BCUT2D eigenvalue weighted by molar-refractivity contribution is -0.114. The highest BCUT2D eigenvalue weighted by atomic mass is 16.2. The largest absolute Gasteiger partial charge is 0.350 e. The third kappa shape index (κ3) is 3.17. The van der Waals surface area contributed by atoms with Crippen LogP contribution >= 0.6 is 0 Å². The van der Waals surface area contributed by atoms with Crippen LogP contribution in [0, 0.1) is 0 Å². The van der Waals surface area contributed by atoms with Crippen molar-refractivity contribution in [2.75, 3.05) is 5.32 Å². The molecule has 2 aliphatic rings. The molecule has 2 amide bonds. The molecule has 3 heterocycles. The fraction of sp³-hybridized carbons (Fsp3) is 0.368. The van der Waals surface area contributed by atoms with Gasteiger partial charge in [0.05, 0.1) is 5.69 Å². The third-order valence-corrected chi connectivity index (χ3v) is 5.08. The first kappa shape index (κ1) is 15.9. The van der Waals surface area contributed by atoms with Crippen molar-refractivity contribution in [1.82, 2.24) is 15.6 Å². The molecule has 0 saturated carbocycles. The maximum absolute atomic E-state index is 12.5. The molecule has 1 aromatic carbocycles. The van der Waals surface area contributed by atoms with Gasteiger partial charge < -0.3 is 20.9 Å². The second-order valence-corrected chi connectivity index (χ2v) is 6.88. The molecule has 4 rings (SSSR count). The number of nitrogens with one attached hydrogen (secondary N) is 4. The topological polar surface area (TPSA) is 86.0 Å². The van der Waals surface area contributed by atoms with Gasteiger partial charge in [0.25, 0.3) is 5.91 Å². The molecule has 0 aliphatic carbocycles. The summed E-state index contributed by atoms with van der Waals surface area (Å²) >= 11 is 0. The number of carbonyl (C=O) groups excluding carboxylic acids is 2. The molecule has 2 saturated heterocycles. The summed E-state index contributed by atoms with van der Waals surface area (Å²) in [6, 6.07) is 12.4. The van der Waals surface area contributed by atoms with Crippen LogP contribution in [0.25, 0.3) is 11.3 Å². The van der Waals surface area contributed by atoms with Crippen molar-refractivity contribution in [1.29, 1.82) is 0 Å². The Kier molecular flexibility index (Phi) is 4.05. The predicted molar refractivity (Wildman–Crippen MR) is 96.3 cm³/mol. The number of carbonyl (C=O) groups is 2. The van der Waals surface area contributed by atoms with Crippen molar-refractivity contribution in [3.8, 4) is 11.3 Å². The van der Waals surface area contributed by atoms with E-state index in [-0.39, 0.29) is 17.9 Å². The van der Waals surface area contributed by atoms with Crippen LogP contribution in [0.15, 0.2) is 36.4 Å². The number of hydrogen-bond donors (Lipinski definition) is 4. The van der Waals surface area contributed by atoms with Crippen molar-refractivity contribution in [3.63, 3.8) is 0 Å². The SMILES string of the molecule is CC(=O)Nc1ccccc1-c1ccc(C(=O)N[C@@H]2C[C@H]3CC[C@@H]2N3)[nH]1. The zero-order valence-corrected chi connectivity index (χ0v) is 14.1. The van der Waals surface area contributed by atoms with Crippen molar-refractivity contribution in [3.05, 3.63) is 42.1 Å². The molecule has 2 bridgehead atoms. The zero-order chi connectivity index (χ0) is 17.4. The number of fused-ring (bicyclic) bond motifs is 2. The molecule has 0 unspecified atom stereocenters. The van der Waals surface area contributed by atoms with Gasteiger partial charge in [-0.3, -0.25) is 9.59 Å². The number of amides is 2. The van der Waals surface area contributed by atoms with Crippen LogP contribution in [-0.2, 0) is 4.79 Å². The number of anilines is 1. The summed E-state index contributed by atoms with van der Waals surface area (Å²) in [4.78, 5) is 27.1. The highest BCUT2D eigenvalue weighted by molar-refractivity contribution is 5.96. The second kappa shape index (κ2) is 6.37. The van der Waals surface area contributed by atoms with Gasteiger partial charge in [-0.05, 0) is 37.5 Å². The summed E-state index contributed by atoms with van der Waals surface area (Å²) in [6.45, 7) is 1.48. The van der Waals surface area contributed by atoms with Gasteiger partial charge in [0.15, 0.2) is 0 Å². The van der Waals surface area contributed by atoms with Crippen LogP contribution in [0.4, 0.5) is 5.69 Å². The molecule has 25 heavy (non-hydrogen) atoms. The van der Waals surface area contributed by atoms with Crippen molar-refractivity contribution in [2.24, 2.45) is 0 Å². The fourth-order valence-electron chi connectivity index (χ4n) is 3.93. The van der Waals surface area contributed by atoms with E-state index < -0.39 is 0 Å². The van der Waals surface area contributed by atoms with Gasteiger partial charge in [0, 0.05) is 36.3 Å². The standard InChI is InChI=1S/C19H22N4O2/c1-11(24)20-14-5-3-2-4-13(14)15-8-9-17(22-15)19(25)23-18-10-12-6-7-16(18)21-12/h2-5,8-9,12,16,18,21-22H,6-7,10H2,1H3,(H,20,24)(H,23,25)/t12-,16+,18-/m1/s1. The van der Waals surface area contributed by atoms with E-state index in [2.05, 4.69) is 20.9 Å². The summed E-state index contributed by atoms with van der Waals surface area (Å²) in [7, 11) is 0. The van der Waals surface area contributed by atoms with Gasteiger partial charge >= 0.3 is 0 Å². The molecule has 0 spiro atoms. The molecule has 2 aliphatic heterocycles. The van der Waals surface area contributed by atoms with E-state index in [1.165, 1.54) is 13.3 Å². The van der Waals surface area contributed by atoms with Crippen molar-refractivity contribution in [2.45, 2.75) is 44.3 Å². The maximum Gasteiger partial charge on any atom is 0.267 e. The lowest BCUT2D eigenvalue weighted by Crippen LogP contribution is -2.43. The minimum absolute atomic E-state index is 0.0809. The Morgan fingerprint density at radius 1 is 1.12 bits per heavy atom. The smallest absolute Gasteiger partial charge is 0.267 e. The van der Waals surface area contributed by atoms with E-state index in [9.17, 15) is 9.59 Å². The highest BCUT2D eigenvalue weighted by Crippen LogP contribution is 2.29. The number of hydrogen-bond acceptors (Lipinski definition) is 3. The Bertz CT molecular complexity index is 813. The van der Waals surface area contributed by atoms with Gasteiger partial charge in [-0.1, -0.05) is 18.2 Å². The normalized spacial score (nSPS) is 24.3. The molecule has 2 aromatic rings. The van der Waals surface area contributed by atoms with Crippen LogP contribution in [-0.4, -0.2) is 34.9 Å². The predicted octanol–water partition coefficient (Wildman–Crippen LogP) is 2.26. The minimum atomic E-state index is -0.124. The molecule has 6 heteroatoms. The van der Waals surface area contributed by atoms with Crippen LogP contribution in [0.3, 0.4) is 0 Å². The van der Waals surface area contributed by atoms with Crippen LogP contribution in [0.1, 0.15) is 36.7 Å². The first-order valence-corrected chi connectivity index (χ1v) is 8.73. The summed E-state index contributed by atoms with van der Waals surface area (Å²) in [5.74, 6) is -0.205. The lowest BCUT2D eigenvalue weighted by Gasteiger charge is -2.21. The van der Waals surface area contributed by atoms with E-state index in [4.69, 9.17) is 0 Å². The third-order valence-electron chi connectivity index (χ3n) is 5.08. The average molecular weight is 338 g/mol. The van der Waals surface area contributed by atoms with Gasteiger partial charge in [0.2, 0.25) is 5.91 Å². The summed E-state index contributed by atoms with van der Waals surface area (Å²) in [5, 5.41) is 9.48. The van der Waals surface area contributed by atoms with Crippen molar-refractivity contribution < 1.29 is 9.59 Å². The quantitative estimate of drug-likeness (QED) is 0.690. The number of para-hydroxylation sites is 1. The van der Waals surface area contributed by atoms with Crippen LogP contribution in [0.5, 0.6) is 0 Å². The molecule has 0 radical (unpaired) electrons. The summed E-state index contributed by atoms with van der Waals surface area (Å²) in [5.41, 5.74) is 2.93. The minimum Gasteiger partial charge on any atom is -0.350 e. The Morgan fingerprint density at radius 2 is 1.96 bits per heavy atom. The Morgan fingerprint density at radius 3 is 2.68 bits per heavy atom. The number of rotatable bonds is 4. The van der Waals surface area contributed by atoms with E-state index in [0.29, 0.717) is 17.8 Å². The molecule has 130 valence electrons. The van der Waals surface area contributed by atoms with Gasteiger partial charge in [-0.2, -0.15) is 0 Å². The number of benzene rings is 1. The molecule has 3 atom stereocenters. The van der Waals surface area contributed by atoms with Gasteiger partial charge in [-0.15, -0.1) is 0 Å². The molecular formula is C19H22N4O2.